The van der Waals surface area contributed by atoms with E-state index in [0.29, 0.717) is 24.5 Å². The van der Waals surface area contributed by atoms with Crippen molar-refractivity contribution >= 4 is 29.3 Å². The highest BCUT2D eigenvalue weighted by Crippen LogP contribution is 2.22. The quantitative estimate of drug-likeness (QED) is 0.759. The Kier molecular flexibility index (Phi) is 3.14. The Hall–Kier alpha value is -3.10. The molecule has 0 saturated carbocycles. The minimum Gasteiger partial charge on any atom is -0.447 e. The number of rotatable bonds is 3. The zero-order valence-electron chi connectivity index (χ0n) is 10.9. The van der Waals surface area contributed by atoms with E-state index in [1.165, 1.54) is 4.90 Å². The molecule has 1 saturated heterocycles. The lowest BCUT2D eigenvalue weighted by Crippen LogP contribution is -2.23. The monoisotopic (exact) mass is 288 g/mol. The van der Waals surface area contributed by atoms with Crippen molar-refractivity contribution in [2.75, 3.05) is 29.1 Å². The van der Waals surface area contributed by atoms with Crippen molar-refractivity contribution in [1.82, 2.24) is 15.2 Å². The number of H-pyrrole nitrogens is 1. The van der Waals surface area contributed by atoms with Gasteiger partial charge < -0.3 is 15.8 Å². The second-order valence-corrected chi connectivity index (χ2v) is 4.31. The molecule has 1 aromatic carbocycles. The number of nitrogen functional groups attached to an aromatic ring is 1. The van der Waals surface area contributed by atoms with Gasteiger partial charge in [0.1, 0.15) is 6.61 Å². The molecule has 1 aliphatic rings. The van der Waals surface area contributed by atoms with Crippen LogP contribution in [0, 0.1) is 0 Å². The van der Waals surface area contributed by atoms with Gasteiger partial charge in [-0.15, -0.1) is 5.10 Å². The summed E-state index contributed by atoms with van der Waals surface area (Å²) in [7, 11) is 0. The Labute approximate surface area is 119 Å². The number of anilines is 3. The molecule has 0 radical (unpaired) electrons. The highest BCUT2D eigenvalue weighted by atomic mass is 16.6. The van der Waals surface area contributed by atoms with Gasteiger partial charge in [-0.05, 0) is 18.2 Å². The van der Waals surface area contributed by atoms with E-state index in [9.17, 15) is 9.59 Å². The van der Waals surface area contributed by atoms with Crippen molar-refractivity contribution in [2.45, 2.75) is 0 Å². The standard InChI is InChI=1S/C12H12N6O3/c13-11-15-9(16-17-11)10(19)14-7-2-1-3-8(6-7)18-4-5-21-12(18)20/h1-3,6H,4-5H2,(H,14,19)(H3,13,15,16,17). The number of amides is 2. The van der Waals surface area contributed by atoms with Gasteiger partial charge in [0.2, 0.25) is 11.8 Å². The number of benzene rings is 1. The molecule has 1 aliphatic heterocycles. The molecule has 1 aromatic heterocycles. The summed E-state index contributed by atoms with van der Waals surface area (Å²) in [4.78, 5) is 28.7. The number of hydrogen-bond acceptors (Lipinski definition) is 6. The molecule has 0 atom stereocenters. The van der Waals surface area contributed by atoms with Crippen molar-refractivity contribution in [3.05, 3.63) is 30.1 Å². The number of hydrogen-bond donors (Lipinski definition) is 3. The first kappa shape index (κ1) is 12.9. The molecule has 108 valence electrons. The maximum atomic E-state index is 11.9. The molecule has 3 rings (SSSR count). The molecular weight excluding hydrogens is 276 g/mol. The van der Waals surface area contributed by atoms with Crippen LogP contribution in [0.4, 0.5) is 22.1 Å². The molecule has 2 aromatic rings. The molecule has 21 heavy (non-hydrogen) atoms. The summed E-state index contributed by atoms with van der Waals surface area (Å²) in [5.41, 5.74) is 6.51. The average molecular weight is 288 g/mol. The van der Waals surface area contributed by atoms with E-state index in [1.54, 1.807) is 24.3 Å². The number of ether oxygens (including phenoxy) is 1. The smallest absolute Gasteiger partial charge is 0.414 e. The largest absolute Gasteiger partial charge is 0.447 e. The fourth-order valence-corrected chi connectivity index (χ4v) is 1.95. The molecule has 9 heteroatoms. The van der Waals surface area contributed by atoms with E-state index in [0.717, 1.165) is 0 Å². The Morgan fingerprint density at radius 2 is 2.33 bits per heavy atom. The molecule has 2 amide bonds. The van der Waals surface area contributed by atoms with Crippen LogP contribution in [0.2, 0.25) is 0 Å². The third-order valence-corrected chi connectivity index (χ3v) is 2.89. The molecule has 0 aliphatic carbocycles. The number of nitrogens with two attached hydrogens (primary N) is 1. The molecule has 9 nitrogen and oxygen atoms in total. The van der Waals surface area contributed by atoms with Crippen LogP contribution in [0.1, 0.15) is 10.6 Å². The van der Waals surface area contributed by atoms with Crippen LogP contribution < -0.4 is 16.0 Å². The van der Waals surface area contributed by atoms with Gasteiger partial charge in [0.15, 0.2) is 0 Å². The molecule has 0 unspecified atom stereocenters. The van der Waals surface area contributed by atoms with Crippen LogP contribution >= 0.6 is 0 Å². The fraction of sp³-hybridized carbons (Fsp3) is 0.167. The summed E-state index contributed by atoms with van der Waals surface area (Å²) in [6.07, 6.45) is -0.401. The minimum atomic E-state index is -0.472. The van der Waals surface area contributed by atoms with Gasteiger partial charge in [-0.1, -0.05) is 6.07 Å². The lowest BCUT2D eigenvalue weighted by molar-refractivity contribution is 0.101. The van der Waals surface area contributed by atoms with Crippen LogP contribution in [-0.2, 0) is 4.74 Å². The van der Waals surface area contributed by atoms with Gasteiger partial charge in [0, 0.05) is 11.4 Å². The van der Waals surface area contributed by atoms with Crippen LogP contribution in [0.15, 0.2) is 24.3 Å². The zero-order chi connectivity index (χ0) is 14.8. The van der Waals surface area contributed by atoms with Crippen molar-refractivity contribution in [3.63, 3.8) is 0 Å². The molecule has 1 fully saturated rings. The number of carbonyl (C=O) groups is 2. The van der Waals surface area contributed by atoms with E-state index in [2.05, 4.69) is 20.5 Å². The van der Waals surface area contributed by atoms with Gasteiger partial charge in [-0.2, -0.15) is 4.98 Å². The minimum absolute atomic E-state index is 0.00582. The average Bonchev–Trinajstić information content (AvgIpc) is 3.08. The van der Waals surface area contributed by atoms with Gasteiger partial charge >= 0.3 is 6.09 Å². The summed E-state index contributed by atoms with van der Waals surface area (Å²) < 4.78 is 4.88. The molecule has 0 spiro atoms. The summed E-state index contributed by atoms with van der Waals surface area (Å²) in [5.74, 6) is -0.465. The first-order valence-electron chi connectivity index (χ1n) is 6.17. The highest BCUT2D eigenvalue weighted by molar-refractivity contribution is 6.02. The highest BCUT2D eigenvalue weighted by Gasteiger charge is 2.23. The number of aromatic amines is 1. The van der Waals surface area contributed by atoms with Crippen LogP contribution in [0.3, 0.4) is 0 Å². The SMILES string of the molecule is Nc1n[nH]c(C(=O)Nc2cccc(N3CCOC3=O)c2)n1. The van der Waals surface area contributed by atoms with Crippen molar-refractivity contribution in [1.29, 1.82) is 0 Å². The number of aromatic nitrogens is 3. The maximum absolute atomic E-state index is 11.9. The summed E-state index contributed by atoms with van der Waals surface area (Å²) in [5, 5.41) is 8.64. The third-order valence-electron chi connectivity index (χ3n) is 2.89. The van der Waals surface area contributed by atoms with Crippen molar-refractivity contribution in [2.24, 2.45) is 0 Å². The lowest BCUT2D eigenvalue weighted by Gasteiger charge is -2.13. The van der Waals surface area contributed by atoms with E-state index in [-0.39, 0.29) is 11.8 Å². The van der Waals surface area contributed by atoms with E-state index >= 15 is 0 Å². The molecule has 4 N–H and O–H groups in total. The van der Waals surface area contributed by atoms with E-state index < -0.39 is 12.0 Å². The topological polar surface area (TPSA) is 126 Å². The van der Waals surface area contributed by atoms with E-state index in [4.69, 9.17) is 10.5 Å². The molecule has 0 bridgehead atoms. The zero-order valence-corrected chi connectivity index (χ0v) is 10.9. The summed E-state index contributed by atoms with van der Waals surface area (Å²) in [6, 6.07) is 6.85. The second kappa shape index (κ2) is 5.12. The van der Waals surface area contributed by atoms with Gasteiger partial charge in [0.25, 0.3) is 5.91 Å². The van der Waals surface area contributed by atoms with Crippen molar-refractivity contribution in [3.8, 4) is 0 Å². The maximum Gasteiger partial charge on any atom is 0.414 e. The summed E-state index contributed by atoms with van der Waals surface area (Å²) >= 11 is 0. The number of carbonyl (C=O) groups excluding carboxylic acids is 2. The predicted octanol–water partition coefficient (Wildman–Crippen LogP) is 0.596. The Morgan fingerprint density at radius 1 is 1.48 bits per heavy atom. The molecular formula is C12H12N6O3. The Balaban J connectivity index is 1.77. The van der Waals surface area contributed by atoms with E-state index in [1.807, 2.05) is 0 Å². The molecule has 2 heterocycles. The van der Waals surface area contributed by atoms with Gasteiger partial charge in [-0.25, -0.2) is 4.79 Å². The first-order chi connectivity index (χ1) is 10.1. The normalized spacial score (nSPS) is 14.1. The number of cyclic esters (lactones) is 1. The lowest BCUT2D eigenvalue weighted by atomic mass is 10.2. The fourth-order valence-electron chi connectivity index (χ4n) is 1.95. The predicted molar refractivity (Wildman–Crippen MR) is 73.9 cm³/mol. The Morgan fingerprint density at radius 3 is 3.00 bits per heavy atom. The first-order valence-corrected chi connectivity index (χ1v) is 6.17. The van der Waals surface area contributed by atoms with Crippen LogP contribution in [0.5, 0.6) is 0 Å². The third kappa shape index (κ3) is 2.61. The second-order valence-electron chi connectivity index (χ2n) is 4.31. The summed E-state index contributed by atoms with van der Waals surface area (Å²) in [6.45, 7) is 0.835. The Bertz CT molecular complexity index is 698. The number of nitrogens with one attached hydrogen (secondary N) is 2. The van der Waals surface area contributed by atoms with Crippen LogP contribution in [-0.4, -0.2) is 40.3 Å². The van der Waals surface area contributed by atoms with Crippen LogP contribution in [0.25, 0.3) is 0 Å². The number of nitrogens with zero attached hydrogens (tertiary/aromatic N) is 3. The van der Waals surface area contributed by atoms with Gasteiger partial charge in [-0.3, -0.25) is 14.8 Å². The van der Waals surface area contributed by atoms with Gasteiger partial charge in [0.05, 0.1) is 6.54 Å². The van der Waals surface area contributed by atoms with Crippen molar-refractivity contribution < 1.29 is 14.3 Å².